The van der Waals surface area contributed by atoms with Gasteiger partial charge in [-0.3, -0.25) is 4.90 Å². The molecule has 0 amide bonds. The van der Waals surface area contributed by atoms with Crippen LogP contribution in [0.1, 0.15) is 12.8 Å². The molecule has 0 aromatic heterocycles. The fourth-order valence-electron chi connectivity index (χ4n) is 2.39. The highest BCUT2D eigenvalue weighted by atomic mass is 16.5. The molecule has 2 aliphatic heterocycles. The molecule has 82 valence electrons. The summed E-state index contributed by atoms with van der Waals surface area (Å²) in [5.74, 6) is 0. The summed E-state index contributed by atoms with van der Waals surface area (Å²) in [6.07, 6.45) is 2.13. The monoisotopic (exact) mass is 198 g/mol. The second kappa shape index (κ2) is 4.57. The number of nitrogens with zero attached hydrogens (tertiary/aromatic N) is 3. The van der Waals surface area contributed by atoms with Gasteiger partial charge in [-0.05, 0) is 33.0 Å². The maximum atomic E-state index is 11.0. The van der Waals surface area contributed by atoms with Crippen molar-refractivity contribution < 1.29 is 0 Å². The van der Waals surface area contributed by atoms with Crippen molar-refractivity contribution >= 4 is 0 Å². The van der Waals surface area contributed by atoms with Crippen molar-refractivity contribution in [1.82, 2.24) is 14.9 Å². The van der Waals surface area contributed by atoms with Crippen molar-refractivity contribution in [3.05, 3.63) is 5.21 Å². The van der Waals surface area contributed by atoms with Crippen LogP contribution in [0, 0.1) is 5.21 Å². The van der Waals surface area contributed by atoms with Gasteiger partial charge >= 0.3 is 0 Å². The van der Waals surface area contributed by atoms with Gasteiger partial charge in [0.15, 0.2) is 0 Å². The van der Waals surface area contributed by atoms with E-state index in [0.29, 0.717) is 6.04 Å². The minimum Gasteiger partial charge on any atom is -0.785 e. The van der Waals surface area contributed by atoms with E-state index in [9.17, 15) is 5.21 Å². The number of piperidine rings is 1. The summed E-state index contributed by atoms with van der Waals surface area (Å²) < 4.78 is 0. The lowest BCUT2D eigenvalue weighted by atomic mass is 10.0. The average Bonchev–Trinajstić information content (AvgIpc) is 2.21. The molecule has 0 unspecified atom stereocenters. The van der Waals surface area contributed by atoms with Crippen LogP contribution in [0.5, 0.6) is 0 Å². The Morgan fingerprint density at radius 3 is 2.07 bits per heavy atom. The highest BCUT2D eigenvalue weighted by molar-refractivity contribution is 4.82. The number of rotatable bonds is 1. The van der Waals surface area contributed by atoms with Gasteiger partial charge in [0.05, 0.1) is 0 Å². The van der Waals surface area contributed by atoms with Gasteiger partial charge in [-0.25, -0.2) is 0 Å². The van der Waals surface area contributed by atoms with Crippen LogP contribution in [0.15, 0.2) is 0 Å². The molecule has 2 heterocycles. The van der Waals surface area contributed by atoms with Crippen LogP contribution in [-0.4, -0.2) is 67.2 Å². The van der Waals surface area contributed by atoms with Crippen molar-refractivity contribution in [1.29, 1.82) is 0 Å². The first-order valence-corrected chi connectivity index (χ1v) is 5.60. The Bertz CT molecular complexity index is 152. The fraction of sp³-hybridized carbons (Fsp3) is 1.00. The Kier molecular flexibility index (Phi) is 3.38. The third-order valence-electron chi connectivity index (χ3n) is 3.48. The largest absolute Gasteiger partial charge is 0.785 e. The molecule has 0 atom stereocenters. The standard InChI is InChI=1S/C10H20N3O/c1-11-6-8-12(9-7-11)10-2-4-13(14)5-3-10/h10H,2-9H2,1H3/q-1. The van der Waals surface area contributed by atoms with Crippen molar-refractivity contribution in [3.8, 4) is 0 Å². The number of hydrogen-bond donors (Lipinski definition) is 0. The van der Waals surface area contributed by atoms with E-state index in [0.717, 1.165) is 25.9 Å². The van der Waals surface area contributed by atoms with Gasteiger partial charge in [0, 0.05) is 32.2 Å². The second-order valence-corrected chi connectivity index (χ2v) is 4.50. The average molecular weight is 198 g/mol. The molecule has 0 N–H and O–H groups in total. The number of hydrogen-bond acceptors (Lipinski definition) is 4. The van der Waals surface area contributed by atoms with Crippen molar-refractivity contribution in [2.45, 2.75) is 18.9 Å². The van der Waals surface area contributed by atoms with E-state index < -0.39 is 0 Å². The Balaban J connectivity index is 1.78. The molecule has 0 saturated carbocycles. The minimum atomic E-state index is 0.675. The summed E-state index contributed by atoms with van der Waals surface area (Å²) in [6, 6.07) is 0.675. The Morgan fingerprint density at radius 2 is 1.50 bits per heavy atom. The molecule has 0 aromatic rings. The summed E-state index contributed by atoms with van der Waals surface area (Å²) in [6.45, 7) is 6.18. The summed E-state index contributed by atoms with van der Waals surface area (Å²) in [5, 5.41) is 12.2. The molecular formula is C10H20N3O-. The number of piperazine rings is 1. The molecular weight excluding hydrogens is 178 g/mol. The third kappa shape index (κ3) is 2.45. The first-order valence-electron chi connectivity index (χ1n) is 5.60. The van der Waals surface area contributed by atoms with E-state index in [-0.39, 0.29) is 0 Å². The molecule has 0 aromatic carbocycles. The van der Waals surface area contributed by atoms with Gasteiger partial charge in [-0.2, -0.15) is 0 Å². The molecule has 2 rings (SSSR count). The minimum absolute atomic E-state index is 0.675. The first kappa shape index (κ1) is 10.4. The summed E-state index contributed by atoms with van der Waals surface area (Å²) >= 11 is 0. The summed E-state index contributed by atoms with van der Waals surface area (Å²) in [5.41, 5.74) is 0. The lowest BCUT2D eigenvalue weighted by Gasteiger charge is -2.43. The molecule has 4 nitrogen and oxygen atoms in total. The topological polar surface area (TPSA) is 32.8 Å². The van der Waals surface area contributed by atoms with Crippen molar-refractivity contribution in [2.75, 3.05) is 46.3 Å². The zero-order valence-electron chi connectivity index (χ0n) is 8.98. The van der Waals surface area contributed by atoms with Gasteiger partial charge in [-0.1, -0.05) is 0 Å². The maximum Gasteiger partial charge on any atom is 0.0120 e. The molecule has 4 heteroatoms. The van der Waals surface area contributed by atoms with Crippen LogP contribution in [-0.2, 0) is 0 Å². The normalized spacial score (nSPS) is 29.6. The van der Waals surface area contributed by atoms with E-state index in [1.807, 2.05) is 0 Å². The lowest BCUT2D eigenvalue weighted by molar-refractivity contribution is 0.0783. The summed E-state index contributed by atoms with van der Waals surface area (Å²) in [4.78, 5) is 4.94. The molecule has 0 aliphatic carbocycles. The van der Waals surface area contributed by atoms with Gasteiger partial charge < -0.3 is 15.2 Å². The van der Waals surface area contributed by atoms with Gasteiger partial charge in [0.2, 0.25) is 0 Å². The number of hydroxylamine groups is 2. The van der Waals surface area contributed by atoms with Crippen molar-refractivity contribution in [2.24, 2.45) is 0 Å². The van der Waals surface area contributed by atoms with Gasteiger partial charge in [-0.15, -0.1) is 0 Å². The second-order valence-electron chi connectivity index (χ2n) is 4.50. The van der Waals surface area contributed by atoms with Crippen LogP contribution in [0.2, 0.25) is 0 Å². The highest BCUT2D eigenvalue weighted by Gasteiger charge is 2.24. The van der Waals surface area contributed by atoms with E-state index in [2.05, 4.69) is 16.8 Å². The van der Waals surface area contributed by atoms with E-state index in [4.69, 9.17) is 0 Å². The van der Waals surface area contributed by atoms with E-state index in [1.54, 1.807) is 0 Å². The predicted octanol–water partition coefficient (Wildman–Crippen LogP) is 0.196. The first-order chi connectivity index (χ1) is 6.75. The maximum absolute atomic E-state index is 11.0. The fourth-order valence-corrected chi connectivity index (χ4v) is 2.39. The van der Waals surface area contributed by atoms with Crippen LogP contribution in [0.3, 0.4) is 0 Å². The summed E-state index contributed by atoms with van der Waals surface area (Å²) in [7, 11) is 2.18. The lowest BCUT2D eigenvalue weighted by Crippen LogP contribution is -2.51. The van der Waals surface area contributed by atoms with Crippen LogP contribution >= 0.6 is 0 Å². The van der Waals surface area contributed by atoms with Gasteiger partial charge in [0.25, 0.3) is 0 Å². The quantitative estimate of drug-likeness (QED) is 0.602. The Labute approximate surface area is 86.0 Å². The molecule has 2 aliphatic rings. The highest BCUT2D eigenvalue weighted by Crippen LogP contribution is 2.17. The smallest absolute Gasteiger partial charge is 0.0120 e. The van der Waals surface area contributed by atoms with Crippen LogP contribution in [0.25, 0.3) is 0 Å². The van der Waals surface area contributed by atoms with Gasteiger partial charge in [0.1, 0.15) is 0 Å². The Morgan fingerprint density at radius 1 is 0.929 bits per heavy atom. The SMILES string of the molecule is CN1CCN(C2CCN([O-])CC2)CC1. The molecule has 14 heavy (non-hydrogen) atoms. The molecule has 0 spiro atoms. The third-order valence-corrected chi connectivity index (χ3v) is 3.48. The zero-order chi connectivity index (χ0) is 9.97. The molecule has 0 radical (unpaired) electrons. The van der Waals surface area contributed by atoms with Crippen LogP contribution in [0.4, 0.5) is 0 Å². The zero-order valence-corrected chi connectivity index (χ0v) is 8.98. The van der Waals surface area contributed by atoms with Crippen molar-refractivity contribution in [3.63, 3.8) is 0 Å². The van der Waals surface area contributed by atoms with E-state index >= 15 is 0 Å². The molecule has 2 fully saturated rings. The Hall–Kier alpha value is -0.160. The van der Waals surface area contributed by atoms with Crippen LogP contribution < -0.4 is 0 Å². The predicted molar refractivity (Wildman–Crippen MR) is 57.0 cm³/mol. The number of likely N-dealkylation sites (N-methyl/N-ethyl adjacent to an activating group) is 1. The molecule has 2 saturated heterocycles. The molecule has 0 bridgehead atoms. The van der Waals surface area contributed by atoms with E-state index in [1.165, 1.54) is 31.2 Å².